The normalized spacial score (nSPS) is 15.6. The molecule has 596 valence electrons. The molecule has 2 fully saturated rings. The fourth-order valence-corrected chi connectivity index (χ4v) is 19.1. The third-order valence-electron chi connectivity index (χ3n) is 26.6. The number of rotatable bonds is 12. The summed E-state index contributed by atoms with van der Waals surface area (Å²) in [5.74, 6) is 1.22. The summed E-state index contributed by atoms with van der Waals surface area (Å²) < 4.78 is 0. The second kappa shape index (κ2) is 30.9. The zero-order valence-corrected chi connectivity index (χ0v) is 74.4. The number of anilines is 6. The van der Waals surface area contributed by atoms with Crippen LogP contribution in [0.5, 0.6) is 0 Å². The van der Waals surface area contributed by atoms with E-state index in [1.54, 1.807) is 0 Å². The van der Waals surface area contributed by atoms with Gasteiger partial charge in [0.05, 0.1) is 0 Å². The summed E-state index contributed by atoms with van der Waals surface area (Å²) in [6.45, 7) is 51.5. The molecule has 0 aromatic heterocycles. The second-order valence-electron chi connectivity index (χ2n) is 42.1. The molecule has 12 aromatic rings. The molecule has 0 aliphatic heterocycles. The van der Waals surface area contributed by atoms with E-state index in [9.17, 15) is 0 Å². The first-order valence-corrected chi connectivity index (χ1v) is 43.9. The zero-order chi connectivity index (χ0) is 82.4. The SMILES string of the molecule is CC(C)(C)c1cc(-c2ccc(N(c3ccc4c(c3)C(C)(C)c3ccccc3-4)c3ccccc3C3CCCCC3)cc2)cc(-c2cc(C(C)(C)C)cc(C(C)(C)C)c2)c1.CC(C)(C)c1cc(-c2ccc(N(c3cccc(C4CCCCC4)c3)c3ccc4c(c3)C(C)(C)c3ccccc3-4)cc2)cc(-c2cc(C(C)(C)C)cc(C(C)(C)C)c2)c1. The summed E-state index contributed by atoms with van der Waals surface area (Å²) in [4.78, 5) is 5.05. The van der Waals surface area contributed by atoms with Crippen LogP contribution in [-0.4, -0.2) is 0 Å². The molecule has 12 aromatic carbocycles. The molecule has 0 radical (unpaired) electrons. The highest BCUT2D eigenvalue weighted by Gasteiger charge is 2.39. The number of benzene rings is 12. The first-order valence-electron chi connectivity index (χ1n) is 43.9. The molecule has 2 saturated carbocycles. The first kappa shape index (κ1) is 81.4. The number of nitrogens with zero attached hydrogens (tertiary/aromatic N) is 2. The van der Waals surface area contributed by atoms with Crippen LogP contribution >= 0.6 is 0 Å². The van der Waals surface area contributed by atoms with E-state index < -0.39 is 0 Å². The molecule has 0 saturated heterocycles. The van der Waals surface area contributed by atoms with Gasteiger partial charge in [0.2, 0.25) is 0 Å². The smallest absolute Gasteiger partial charge is 0.0496 e. The van der Waals surface area contributed by atoms with Crippen LogP contribution in [0.15, 0.2) is 255 Å². The molecule has 2 heteroatoms. The molecule has 0 amide bonds. The lowest BCUT2D eigenvalue weighted by Crippen LogP contribution is -2.18. The van der Waals surface area contributed by atoms with Gasteiger partial charge in [-0.1, -0.05) is 367 Å². The Morgan fingerprint density at radius 3 is 0.948 bits per heavy atom. The molecular formula is C114H130N2. The maximum Gasteiger partial charge on any atom is 0.0496 e. The lowest BCUT2D eigenvalue weighted by Gasteiger charge is -2.32. The minimum atomic E-state index is -0.0732. The van der Waals surface area contributed by atoms with Crippen molar-refractivity contribution >= 4 is 34.1 Å². The van der Waals surface area contributed by atoms with Gasteiger partial charge in [0.25, 0.3) is 0 Å². The van der Waals surface area contributed by atoms with Crippen LogP contribution in [0.3, 0.4) is 0 Å². The van der Waals surface area contributed by atoms with Crippen LogP contribution in [-0.2, 0) is 43.3 Å². The molecule has 0 heterocycles. The van der Waals surface area contributed by atoms with Gasteiger partial charge in [0, 0.05) is 45.0 Å². The summed E-state index contributed by atoms with van der Waals surface area (Å²) in [5, 5.41) is 0. The molecular weight excluding hydrogens is 1400 g/mol. The summed E-state index contributed by atoms with van der Waals surface area (Å²) in [7, 11) is 0. The zero-order valence-electron chi connectivity index (χ0n) is 74.4. The van der Waals surface area contributed by atoms with Crippen molar-refractivity contribution in [1.29, 1.82) is 0 Å². The molecule has 4 aliphatic rings. The van der Waals surface area contributed by atoms with E-state index >= 15 is 0 Å². The van der Waals surface area contributed by atoms with Gasteiger partial charge in [0.1, 0.15) is 0 Å². The highest BCUT2D eigenvalue weighted by Crippen LogP contribution is 2.55. The van der Waals surface area contributed by atoms with E-state index in [0.717, 1.165) is 0 Å². The average molecular weight is 1530 g/mol. The summed E-state index contributed by atoms with van der Waals surface area (Å²) >= 11 is 0. The van der Waals surface area contributed by atoms with Gasteiger partial charge in [-0.05, 0) is 282 Å². The molecule has 116 heavy (non-hydrogen) atoms. The van der Waals surface area contributed by atoms with Crippen LogP contribution < -0.4 is 9.80 Å². The predicted octanol–water partition coefficient (Wildman–Crippen LogP) is 33.5. The van der Waals surface area contributed by atoms with Crippen molar-refractivity contribution in [3.8, 4) is 66.8 Å². The van der Waals surface area contributed by atoms with Gasteiger partial charge in [-0.3, -0.25) is 0 Å². The minimum Gasteiger partial charge on any atom is -0.310 e. The van der Waals surface area contributed by atoms with Crippen LogP contribution in [0, 0.1) is 0 Å². The number of fused-ring (bicyclic) bond motifs is 6. The standard InChI is InChI=1S/2C57H65N/c1-54(2,3)43-32-40(31-41(33-43)42-34-44(55(4,5)6)36-45(35-42)56(7,8)9)38-25-27-46(28-26-38)58(53-24-18-16-21-48(53)39-19-13-12-14-20-39)47-29-30-50-49-22-15-17-23-51(49)57(10,11)52(50)37-47;1-54(2,3)44-31-41(30-42(32-44)43-33-45(55(4,5)6)36-46(34-43)56(7,8)9)39-24-26-47(27-25-39)58(48-21-17-20-40(35-48)38-18-13-12-14-19-38)49-28-29-51-50-22-15-16-23-52(50)57(10,11)53(51)37-49/h15-18,21-37,39H,12-14,19-20H2,1-11H3;15-17,20-38H,12-14,18-19H2,1-11H3. The second-order valence-corrected chi connectivity index (χ2v) is 42.1. The van der Waals surface area contributed by atoms with Crippen LogP contribution in [0.1, 0.15) is 295 Å². The topological polar surface area (TPSA) is 6.48 Å². The Kier molecular flexibility index (Phi) is 21.7. The Labute approximate surface area is 699 Å². The van der Waals surface area contributed by atoms with E-state index in [1.807, 2.05) is 0 Å². The van der Waals surface area contributed by atoms with Gasteiger partial charge in [0.15, 0.2) is 0 Å². The van der Waals surface area contributed by atoms with Crippen molar-refractivity contribution in [3.05, 3.63) is 322 Å². The third kappa shape index (κ3) is 16.5. The molecule has 0 spiro atoms. The van der Waals surface area contributed by atoms with Crippen LogP contribution in [0.2, 0.25) is 0 Å². The summed E-state index contributed by atoms with van der Waals surface area (Å²) in [6.07, 6.45) is 13.1. The van der Waals surface area contributed by atoms with Crippen molar-refractivity contribution in [2.75, 3.05) is 9.80 Å². The lowest BCUT2D eigenvalue weighted by atomic mass is 9.78. The summed E-state index contributed by atoms with van der Waals surface area (Å²) in [5.41, 5.74) is 39.8. The van der Waals surface area contributed by atoms with Gasteiger partial charge < -0.3 is 9.80 Å². The van der Waals surface area contributed by atoms with Crippen molar-refractivity contribution in [1.82, 2.24) is 0 Å². The van der Waals surface area contributed by atoms with E-state index in [0.29, 0.717) is 11.8 Å². The quantitative estimate of drug-likeness (QED) is 0.120. The number of para-hydroxylation sites is 1. The summed E-state index contributed by atoms with van der Waals surface area (Å²) in [6, 6.07) is 99.0. The van der Waals surface area contributed by atoms with Crippen LogP contribution in [0.25, 0.3) is 66.8 Å². The molecule has 0 unspecified atom stereocenters. The van der Waals surface area contributed by atoms with Crippen molar-refractivity contribution < 1.29 is 0 Å². The fourth-order valence-electron chi connectivity index (χ4n) is 19.1. The lowest BCUT2D eigenvalue weighted by molar-refractivity contribution is 0.443. The largest absolute Gasteiger partial charge is 0.310 e. The van der Waals surface area contributed by atoms with Crippen molar-refractivity contribution in [2.45, 2.75) is 272 Å². The van der Waals surface area contributed by atoms with Gasteiger partial charge >= 0.3 is 0 Å². The third-order valence-corrected chi connectivity index (χ3v) is 26.6. The molecule has 4 aliphatic carbocycles. The highest BCUT2D eigenvalue weighted by atomic mass is 15.1. The van der Waals surface area contributed by atoms with E-state index in [-0.39, 0.29) is 43.3 Å². The Bertz CT molecular complexity index is 5530. The number of hydrogen-bond donors (Lipinski definition) is 0. The fraction of sp³-hybridized carbons (Fsp3) is 0.368. The minimum absolute atomic E-state index is 0.000170. The van der Waals surface area contributed by atoms with Gasteiger partial charge in [-0.2, -0.15) is 0 Å². The molecule has 2 nitrogen and oxygen atoms in total. The van der Waals surface area contributed by atoms with Crippen molar-refractivity contribution in [3.63, 3.8) is 0 Å². The van der Waals surface area contributed by atoms with E-state index in [1.165, 1.54) is 232 Å². The molecule has 0 atom stereocenters. The maximum absolute atomic E-state index is 2.55. The molecule has 0 bridgehead atoms. The Hall–Kier alpha value is -9.76. The average Bonchev–Trinajstić information content (AvgIpc) is 1.63. The monoisotopic (exact) mass is 1530 g/mol. The first-order chi connectivity index (χ1) is 54.8. The van der Waals surface area contributed by atoms with E-state index in [4.69, 9.17) is 0 Å². The Morgan fingerprint density at radius 1 is 0.233 bits per heavy atom. The molecule has 16 rings (SSSR count). The highest BCUT2D eigenvalue weighted by molar-refractivity contribution is 5.89. The number of hydrogen-bond acceptors (Lipinski definition) is 2. The van der Waals surface area contributed by atoms with Gasteiger partial charge in [-0.25, -0.2) is 0 Å². The van der Waals surface area contributed by atoms with Crippen LogP contribution in [0.4, 0.5) is 34.1 Å². The Balaban J connectivity index is 0.000000182. The van der Waals surface area contributed by atoms with E-state index in [2.05, 4.69) is 417 Å². The predicted molar refractivity (Wildman–Crippen MR) is 503 cm³/mol. The van der Waals surface area contributed by atoms with Gasteiger partial charge in [-0.15, -0.1) is 0 Å². The maximum atomic E-state index is 2.55. The van der Waals surface area contributed by atoms with Crippen molar-refractivity contribution in [2.24, 2.45) is 0 Å². The Morgan fingerprint density at radius 2 is 0.543 bits per heavy atom. The molecule has 0 N–H and O–H groups in total.